The van der Waals surface area contributed by atoms with E-state index in [2.05, 4.69) is 50.4 Å². The van der Waals surface area contributed by atoms with Crippen LogP contribution in [0.3, 0.4) is 0 Å². The van der Waals surface area contributed by atoms with Crippen molar-refractivity contribution in [2.24, 2.45) is 0 Å². The molecule has 0 saturated heterocycles. The molecule has 0 aliphatic heterocycles. The van der Waals surface area contributed by atoms with Gasteiger partial charge in [0.05, 0.1) is 12.6 Å². The van der Waals surface area contributed by atoms with Crippen molar-refractivity contribution in [1.29, 1.82) is 0 Å². The zero-order chi connectivity index (χ0) is 15.5. The van der Waals surface area contributed by atoms with E-state index in [-0.39, 0.29) is 18.1 Å². The molecule has 2 aromatic carbocycles. The number of hydrogen-bond acceptors (Lipinski definition) is 2. The number of halogens is 1. The summed E-state index contributed by atoms with van der Waals surface area (Å²) >= 11 is 5.99. The van der Waals surface area contributed by atoms with E-state index in [1.165, 1.54) is 5.56 Å². The molecule has 0 fully saturated rings. The Hall–Kier alpha value is -1.51. The molecular formula is C18H22ClNO. The molecule has 2 nitrogen and oxygen atoms in total. The van der Waals surface area contributed by atoms with E-state index in [0.717, 1.165) is 11.3 Å². The zero-order valence-corrected chi connectivity index (χ0v) is 13.5. The van der Waals surface area contributed by atoms with Crippen LogP contribution in [0.15, 0.2) is 48.5 Å². The highest BCUT2D eigenvalue weighted by molar-refractivity contribution is 6.30. The number of benzene rings is 2. The third-order valence-corrected chi connectivity index (χ3v) is 3.76. The number of rotatable bonds is 4. The van der Waals surface area contributed by atoms with Crippen LogP contribution in [-0.2, 0) is 5.41 Å². The highest BCUT2D eigenvalue weighted by Crippen LogP contribution is 2.26. The molecule has 0 aromatic heterocycles. The predicted octanol–water partition coefficient (Wildman–Crippen LogP) is 4.78. The largest absolute Gasteiger partial charge is 0.394 e. The minimum absolute atomic E-state index is 0.0291. The average molecular weight is 304 g/mol. The molecular weight excluding hydrogens is 282 g/mol. The summed E-state index contributed by atoms with van der Waals surface area (Å²) in [4.78, 5) is 0. The van der Waals surface area contributed by atoms with E-state index in [1.807, 2.05) is 24.3 Å². The Morgan fingerprint density at radius 1 is 1.10 bits per heavy atom. The Kier molecular flexibility index (Phi) is 4.92. The van der Waals surface area contributed by atoms with E-state index in [9.17, 15) is 5.11 Å². The number of nitrogens with one attached hydrogen (secondary N) is 1. The topological polar surface area (TPSA) is 32.3 Å². The quantitative estimate of drug-likeness (QED) is 0.851. The van der Waals surface area contributed by atoms with Gasteiger partial charge in [-0.15, -0.1) is 0 Å². The van der Waals surface area contributed by atoms with Crippen molar-refractivity contribution in [2.45, 2.75) is 32.2 Å². The molecule has 0 saturated carbocycles. The smallest absolute Gasteiger partial charge is 0.0745 e. The van der Waals surface area contributed by atoms with Crippen molar-refractivity contribution >= 4 is 17.3 Å². The van der Waals surface area contributed by atoms with Crippen molar-refractivity contribution < 1.29 is 5.11 Å². The maximum absolute atomic E-state index is 9.64. The number of aliphatic hydroxyl groups excluding tert-OH is 1. The number of hydrogen-bond donors (Lipinski definition) is 2. The van der Waals surface area contributed by atoms with Gasteiger partial charge in [0.1, 0.15) is 0 Å². The van der Waals surface area contributed by atoms with Gasteiger partial charge in [-0.1, -0.05) is 62.7 Å². The van der Waals surface area contributed by atoms with Crippen LogP contribution in [0.2, 0.25) is 5.02 Å². The molecule has 0 bridgehead atoms. The Balaban J connectivity index is 2.18. The summed E-state index contributed by atoms with van der Waals surface area (Å²) in [6.07, 6.45) is 0. The summed E-state index contributed by atoms with van der Waals surface area (Å²) in [6, 6.07) is 15.8. The first-order valence-electron chi connectivity index (χ1n) is 7.13. The molecule has 1 unspecified atom stereocenters. The lowest BCUT2D eigenvalue weighted by Gasteiger charge is -2.22. The highest BCUT2D eigenvalue weighted by atomic mass is 35.5. The van der Waals surface area contributed by atoms with Gasteiger partial charge in [0.15, 0.2) is 0 Å². The lowest BCUT2D eigenvalue weighted by Crippen LogP contribution is -2.16. The molecule has 112 valence electrons. The van der Waals surface area contributed by atoms with Gasteiger partial charge in [-0.05, 0) is 34.7 Å². The Morgan fingerprint density at radius 3 is 2.29 bits per heavy atom. The third-order valence-electron chi connectivity index (χ3n) is 3.53. The van der Waals surface area contributed by atoms with Gasteiger partial charge in [-0.25, -0.2) is 0 Å². The van der Waals surface area contributed by atoms with Crippen molar-refractivity contribution in [2.75, 3.05) is 11.9 Å². The van der Waals surface area contributed by atoms with E-state index < -0.39 is 0 Å². The third kappa shape index (κ3) is 4.23. The van der Waals surface area contributed by atoms with Crippen molar-refractivity contribution in [1.82, 2.24) is 0 Å². The molecule has 2 aromatic rings. The van der Waals surface area contributed by atoms with Crippen LogP contribution in [-0.4, -0.2) is 11.7 Å². The second kappa shape index (κ2) is 6.50. The Labute approximate surface area is 131 Å². The first kappa shape index (κ1) is 15.9. The molecule has 0 heterocycles. The van der Waals surface area contributed by atoms with Crippen LogP contribution in [0, 0.1) is 0 Å². The summed E-state index contributed by atoms with van der Waals surface area (Å²) in [5.74, 6) is 0. The van der Waals surface area contributed by atoms with Crippen LogP contribution in [0.5, 0.6) is 0 Å². The molecule has 0 spiro atoms. The average Bonchev–Trinajstić information content (AvgIpc) is 2.44. The van der Waals surface area contributed by atoms with Gasteiger partial charge < -0.3 is 10.4 Å². The van der Waals surface area contributed by atoms with Gasteiger partial charge in [-0.3, -0.25) is 0 Å². The lowest BCUT2D eigenvalue weighted by molar-refractivity contribution is 0.276. The molecule has 3 heteroatoms. The molecule has 21 heavy (non-hydrogen) atoms. The monoisotopic (exact) mass is 303 g/mol. The van der Waals surface area contributed by atoms with E-state index in [1.54, 1.807) is 0 Å². The predicted molar refractivity (Wildman–Crippen MR) is 90.0 cm³/mol. The first-order valence-corrected chi connectivity index (χ1v) is 7.51. The second-order valence-corrected chi connectivity index (χ2v) is 6.70. The first-order chi connectivity index (χ1) is 9.90. The summed E-state index contributed by atoms with van der Waals surface area (Å²) in [6.45, 7) is 6.60. The highest BCUT2D eigenvalue weighted by Gasteiger charge is 2.15. The van der Waals surface area contributed by atoms with Crippen LogP contribution in [0.25, 0.3) is 0 Å². The summed E-state index contributed by atoms with van der Waals surface area (Å²) < 4.78 is 0. The van der Waals surface area contributed by atoms with Crippen molar-refractivity contribution in [3.8, 4) is 0 Å². The summed E-state index contributed by atoms with van der Waals surface area (Å²) in [7, 11) is 0. The molecule has 0 aliphatic carbocycles. The number of anilines is 1. The van der Waals surface area contributed by atoms with Crippen LogP contribution >= 0.6 is 11.6 Å². The van der Waals surface area contributed by atoms with Crippen LogP contribution in [0.4, 0.5) is 5.69 Å². The SMILES string of the molecule is CC(C)(C)c1ccc(C(CO)Nc2cccc(Cl)c2)cc1. The van der Waals surface area contributed by atoms with Crippen LogP contribution in [0.1, 0.15) is 37.9 Å². The Morgan fingerprint density at radius 2 is 1.76 bits per heavy atom. The molecule has 0 aliphatic rings. The standard InChI is InChI=1S/C18H22ClNO/c1-18(2,3)14-9-7-13(8-10-14)17(12-21)20-16-6-4-5-15(19)11-16/h4-11,17,20-21H,12H2,1-3H3. The maximum atomic E-state index is 9.64. The van der Waals surface area contributed by atoms with Gasteiger partial charge in [-0.2, -0.15) is 0 Å². The van der Waals surface area contributed by atoms with Crippen LogP contribution < -0.4 is 5.32 Å². The Bertz CT molecular complexity index is 587. The van der Waals surface area contributed by atoms with Gasteiger partial charge in [0.25, 0.3) is 0 Å². The zero-order valence-electron chi connectivity index (χ0n) is 12.7. The molecule has 0 radical (unpaired) electrons. The molecule has 1 atom stereocenters. The lowest BCUT2D eigenvalue weighted by atomic mass is 9.86. The fourth-order valence-electron chi connectivity index (χ4n) is 2.23. The van der Waals surface area contributed by atoms with E-state index in [0.29, 0.717) is 5.02 Å². The fraction of sp³-hybridized carbons (Fsp3) is 0.333. The maximum Gasteiger partial charge on any atom is 0.0745 e. The van der Waals surface area contributed by atoms with E-state index >= 15 is 0 Å². The fourth-order valence-corrected chi connectivity index (χ4v) is 2.42. The summed E-state index contributed by atoms with van der Waals surface area (Å²) in [5.41, 5.74) is 3.38. The minimum atomic E-state index is -0.141. The van der Waals surface area contributed by atoms with Gasteiger partial charge in [0.2, 0.25) is 0 Å². The molecule has 2 rings (SSSR count). The van der Waals surface area contributed by atoms with E-state index in [4.69, 9.17) is 11.6 Å². The van der Waals surface area contributed by atoms with Gasteiger partial charge >= 0.3 is 0 Å². The van der Waals surface area contributed by atoms with Crippen molar-refractivity contribution in [3.63, 3.8) is 0 Å². The molecule has 0 amide bonds. The molecule has 2 N–H and O–H groups in total. The summed E-state index contributed by atoms with van der Waals surface area (Å²) in [5, 5.41) is 13.6. The van der Waals surface area contributed by atoms with Gasteiger partial charge in [0, 0.05) is 10.7 Å². The van der Waals surface area contributed by atoms with Crippen molar-refractivity contribution in [3.05, 3.63) is 64.7 Å². The number of aliphatic hydroxyl groups is 1. The minimum Gasteiger partial charge on any atom is -0.394 e. The second-order valence-electron chi connectivity index (χ2n) is 6.26. The normalized spacial score (nSPS) is 13.0.